The first kappa shape index (κ1) is 18.1. The zero-order valence-electron chi connectivity index (χ0n) is 14.0. The fourth-order valence-electron chi connectivity index (χ4n) is 2.97. The maximum atomic E-state index is 12.8. The van der Waals surface area contributed by atoms with E-state index in [2.05, 4.69) is 0 Å². The number of amides is 2. The molecule has 134 valence electrons. The van der Waals surface area contributed by atoms with Crippen LogP contribution in [-0.2, 0) is 11.3 Å². The Morgan fingerprint density at radius 3 is 2.56 bits per heavy atom. The Bertz CT molecular complexity index is 1110. The molecule has 0 bridgehead atoms. The summed E-state index contributed by atoms with van der Waals surface area (Å²) in [5, 5.41) is 2.75. The van der Waals surface area contributed by atoms with Gasteiger partial charge in [-0.05, 0) is 51.9 Å². The molecule has 3 aromatic rings. The van der Waals surface area contributed by atoms with Gasteiger partial charge in [0, 0.05) is 10.0 Å². The van der Waals surface area contributed by atoms with Crippen LogP contribution in [0, 0.1) is 0 Å². The van der Waals surface area contributed by atoms with Crippen LogP contribution in [0.3, 0.4) is 0 Å². The van der Waals surface area contributed by atoms with Crippen molar-refractivity contribution in [3.05, 3.63) is 86.7 Å². The molecular weight excluding hydrogens is 401 g/mol. The van der Waals surface area contributed by atoms with Gasteiger partial charge in [-0.25, -0.2) is 0 Å². The molecule has 6 heteroatoms. The van der Waals surface area contributed by atoms with Crippen LogP contribution < -0.4 is 0 Å². The van der Waals surface area contributed by atoms with E-state index in [1.165, 1.54) is 4.90 Å². The molecule has 0 aliphatic carbocycles. The third-order valence-electron chi connectivity index (χ3n) is 4.33. The highest BCUT2D eigenvalue weighted by atomic mass is 35.5. The maximum absolute atomic E-state index is 12.8. The Labute approximate surface area is 170 Å². The average Bonchev–Trinajstić information content (AvgIpc) is 2.91. The molecule has 1 aliphatic rings. The van der Waals surface area contributed by atoms with Gasteiger partial charge in [0.25, 0.3) is 11.1 Å². The van der Waals surface area contributed by atoms with Gasteiger partial charge < -0.3 is 0 Å². The van der Waals surface area contributed by atoms with Crippen LogP contribution in [0.5, 0.6) is 0 Å². The lowest BCUT2D eigenvalue weighted by Crippen LogP contribution is -2.27. The van der Waals surface area contributed by atoms with E-state index in [9.17, 15) is 9.59 Å². The van der Waals surface area contributed by atoms with E-state index in [1.807, 2.05) is 42.5 Å². The number of carbonyl (C=O) groups excluding carboxylic acids is 2. The van der Waals surface area contributed by atoms with Crippen molar-refractivity contribution < 1.29 is 9.59 Å². The van der Waals surface area contributed by atoms with E-state index in [-0.39, 0.29) is 17.7 Å². The minimum Gasteiger partial charge on any atom is -0.268 e. The van der Waals surface area contributed by atoms with Gasteiger partial charge in [0.2, 0.25) is 0 Å². The Morgan fingerprint density at radius 1 is 0.963 bits per heavy atom. The van der Waals surface area contributed by atoms with Gasteiger partial charge in [-0.3, -0.25) is 14.5 Å². The van der Waals surface area contributed by atoms with Crippen LogP contribution in [0.1, 0.15) is 11.1 Å². The van der Waals surface area contributed by atoms with Crippen molar-refractivity contribution in [3.8, 4) is 0 Å². The molecule has 4 rings (SSSR count). The molecule has 1 fully saturated rings. The number of rotatable bonds is 3. The van der Waals surface area contributed by atoms with Crippen LogP contribution in [0.2, 0.25) is 10.0 Å². The second-order valence-corrected chi connectivity index (χ2v) is 7.91. The molecular formula is C21H13Cl2NO2S. The Hall–Kier alpha value is -2.27. The lowest BCUT2D eigenvalue weighted by molar-refractivity contribution is -0.123. The van der Waals surface area contributed by atoms with Gasteiger partial charge in [0.15, 0.2) is 0 Å². The van der Waals surface area contributed by atoms with Crippen LogP contribution >= 0.6 is 35.0 Å². The normalized spacial score (nSPS) is 15.9. The highest BCUT2D eigenvalue weighted by Crippen LogP contribution is 2.35. The van der Waals surface area contributed by atoms with Crippen LogP contribution in [0.4, 0.5) is 4.79 Å². The van der Waals surface area contributed by atoms with Crippen molar-refractivity contribution in [2.24, 2.45) is 0 Å². The first-order chi connectivity index (χ1) is 13.0. The van der Waals surface area contributed by atoms with Gasteiger partial charge in [0.05, 0.1) is 11.4 Å². The molecule has 0 radical (unpaired) electrons. The van der Waals surface area contributed by atoms with Gasteiger partial charge >= 0.3 is 0 Å². The molecule has 3 aromatic carbocycles. The lowest BCUT2D eigenvalue weighted by Gasteiger charge is -2.13. The predicted octanol–water partition coefficient (Wildman–Crippen LogP) is 6.38. The molecule has 0 aromatic heterocycles. The summed E-state index contributed by atoms with van der Waals surface area (Å²) in [6, 6.07) is 18.8. The second kappa shape index (κ2) is 7.39. The number of thioether (sulfide) groups is 1. The van der Waals surface area contributed by atoms with Gasteiger partial charge in [0.1, 0.15) is 0 Å². The van der Waals surface area contributed by atoms with Gasteiger partial charge in [-0.1, -0.05) is 71.7 Å². The van der Waals surface area contributed by atoms with Crippen molar-refractivity contribution in [3.63, 3.8) is 0 Å². The van der Waals surface area contributed by atoms with E-state index in [0.717, 1.165) is 28.1 Å². The van der Waals surface area contributed by atoms with Crippen molar-refractivity contribution in [1.82, 2.24) is 4.90 Å². The summed E-state index contributed by atoms with van der Waals surface area (Å²) in [5.74, 6) is -0.316. The molecule has 0 saturated carbocycles. The Kier molecular flexibility index (Phi) is 4.96. The van der Waals surface area contributed by atoms with E-state index >= 15 is 0 Å². The average molecular weight is 414 g/mol. The van der Waals surface area contributed by atoms with Crippen molar-refractivity contribution >= 4 is 63.0 Å². The summed E-state index contributed by atoms with van der Waals surface area (Å²) >= 11 is 13.0. The number of nitrogens with zero attached hydrogens (tertiary/aromatic N) is 1. The quantitative estimate of drug-likeness (QED) is 0.467. The summed E-state index contributed by atoms with van der Waals surface area (Å²) in [4.78, 5) is 26.8. The standard InChI is InChI=1S/C21H13Cl2NO2S/c22-16-9-8-15(18(23)11-16)12-24-20(25)19(27-21(24)26)10-14-6-3-5-13-4-1-2-7-17(13)14/h1-11H,12H2/b19-10-. The SMILES string of the molecule is O=C1S/C(=C\c2cccc3ccccc23)C(=O)N1Cc1ccc(Cl)cc1Cl. The highest BCUT2D eigenvalue weighted by molar-refractivity contribution is 8.18. The summed E-state index contributed by atoms with van der Waals surface area (Å²) in [6.07, 6.45) is 1.77. The predicted molar refractivity (Wildman–Crippen MR) is 112 cm³/mol. The molecule has 1 saturated heterocycles. The van der Waals surface area contributed by atoms with E-state index < -0.39 is 0 Å². The molecule has 1 aliphatic heterocycles. The first-order valence-electron chi connectivity index (χ1n) is 8.20. The Morgan fingerprint density at radius 2 is 1.74 bits per heavy atom. The third kappa shape index (κ3) is 3.61. The van der Waals surface area contributed by atoms with E-state index in [1.54, 1.807) is 24.3 Å². The number of imide groups is 1. The maximum Gasteiger partial charge on any atom is 0.293 e. The summed E-state index contributed by atoms with van der Waals surface area (Å²) < 4.78 is 0. The van der Waals surface area contributed by atoms with Gasteiger partial charge in [-0.2, -0.15) is 0 Å². The van der Waals surface area contributed by atoms with Crippen LogP contribution in [-0.4, -0.2) is 16.0 Å². The molecule has 3 nitrogen and oxygen atoms in total. The Balaban J connectivity index is 1.65. The smallest absolute Gasteiger partial charge is 0.268 e. The summed E-state index contributed by atoms with van der Waals surface area (Å²) in [7, 11) is 0. The van der Waals surface area contributed by atoms with Crippen molar-refractivity contribution in [2.75, 3.05) is 0 Å². The molecule has 1 heterocycles. The highest BCUT2D eigenvalue weighted by Gasteiger charge is 2.35. The zero-order chi connectivity index (χ0) is 19.0. The van der Waals surface area contributed by atoms with Crippen LogP contribution in [0.15, 0.2) is 65.6 Å². The number of hydrogen-bond donors (Lipinski definition) is 0. The lowest BCUT2D eigenvalue weighted by atomic mass is 10.0. The zero-order valence-corrected chi connectivity index (χ0v) is 16.3. The first-order valence-corrected chi connectivity index (χ1v) is 9.77. The number of halogens is 2. The largest absolute Gasteiger partial charge is 0.293 e. The minimum absolute atomic E-state index is 0.119. The molecule has 27 heavy (non-hydrogen) atoms. The van der Waals surface area contributed by atoms with Crippen molar-refractivity contribution in [1.29, 1.82) is 0 Å². The molecule has 0 N–H and O–H groups in total. The summed E-state index contributed by atoms with van der Waals surface area (Å²) in [6.45, 7) is 0.119. The third-order valence-corrected chi connectivity index (χ3v) is 5.82. The summed E-state index contributed by atoms with van der Waals surface area (Å²) in [5.41, 5.74) is 1.58. The number of fused-ring (bicyclic) bond motifs is 1. The molecule has 0 atom stereocenters. The van der Waals surface area contributed by atoms with Crippen LogP contribution in [0.25, 0.3) is 16.8 Å². The fraction of sp³-hybridized carbons (Fsp3) is 0.0476. The molecule has 0 spiro atoms. The van der Waals surface area contributed by atoms with Gasteiger partial charge in [-0.15, -0.1) is 0 Å². The minimum atomic E-state index is -0.316. The fourth-order valence-corrected chi connectivity index (χ4v) is 4.27. The van der Waals surface area contributed by atoms with Crippen molar-refractivity contribution in [2.45, 2.75) is 6.54 Å². The number of hydrogen-bond acceptors (Lipinski definition) is 3. The van der Waals surface area contributed by atoms with E-state index in [4.69, 9.17) is 23.2 Å². The second-order valence-electron chi connectivity index (χ2n) is 6.07. The molecule has 2 amide bonds. The monoisotopic (exact) mass is 413 g/mol. The molecule has 0 unspecified atom stereocenters. The number of carbonyl (C=O) groups is 2. The topological polar surface area (TPSA) is 37.4 Å². The van der Waals surface area contributed by atoms with E-state index in [0.29, 0.717) is 20.5 Å². The number of benzene rings is 3.